The van der Waals surface area contributed by atoms with E-state index in [1.54, 1.807) is 0 Å². The number of nitrogens with zero attached hydrogens (tertiary/aromatic N) is 2. The van der Waals surface area contributed by atoms with Crippen molar-refractivity contribution in [2.24, 2.45) is 0 Å². The topological polar surface area (TPSA) is 63.6 Å². The summed E-state index contributed by atoms with van der Waals surface area (Å²) in [5.74, 6) is -0.248. The van der Waals surface area contributed by atoms with Crippen molar-refractivity contribution >= 4 is 40.2 Å². The van der Waals surface area contributed by atoms with Crippen LogP contribution in [0.25, 0.3) is 10.9 Å². The lowest BCUT2D eigenvalue weighted by atomic mass is 10.2. The highest BCUT2D eigenvalue weighted by molar-refractivity contribution is 8.00. The van der Waals surface area contributed by atoms with Gasteiger partial charge >= 0.3 is 0 Å². The number of benzene rings is 2. The summed E-state index contributed by atoms with van der Waals surface area (Å²) >= 11 is 1.41. The molecule has 0 unspecified atom stereocenters. The van der Waals surface area contributed by atoms with E-state index in [0.29, 0.717) is 32.0 Å². The van der Waals surface area contributed by atoms with E-state index in [0.717, 1.165) is 15.8 Å². The smallest absolute Gasteiger partial charge is 0.242 e. The number of carbonyl (C=O) groups is 2. The molecule has 30 heavy (non-hydrogen) atoms. The average Bonchev–Trinajstić information content (AvgIpc) is 3.12. The van der Waals surface area contributed by atoms with Gasteiger partial charge in [-0.3, -0.25) is 9.59 Å². The van der Waals surface area contributed by atoms with Gasteiger partial charge in [0.25, 0.3) is 0 Å². The van der Waals surface area contributed by atoms with Crippen LogP contribution in [0.3, 0.4) is 0 Å². The Morgan fingerprint density at radius 2 is 1.80 bits per heavy atom. The van der Waals surface area contributed by atoms with Crippen molar-refractivity contribution in [3.8, 4) is 0 Å². The lowest BCUT2D eigenvalue weighted by Crippen LogP contribution is -2.42. The number of para-hydroxylation sites is 1. The molecular weight excluding hydrogens is 405 g/mol. The molecule has 1 aliphatic rings. The normalized spacial score (nSPS) is 14.1. The van der Waals surface area contributed by atoms with E-state index in [9.17, 15) is 14.0 Å². The Morgan fingerprint density at radius 1 is 1.07 bits per heavy atom. The first kappa shape index (κ1) is 20.4. The second-order valence-electron chi connectivity index (χ2n) is 6.98. The summed E-state index contributed by atoms with van der Waals surface area (Å²) in [4.78, 5) is 27.7. The Morgan fingerprint density at radius 3 is 2.57 bits per heavy atom. The molecule has 2 aromatic carbocycles. The quantitative estimate of drug-likeness (QED) is 0.613. The summed E-state index contributed by atoms with van der Waals surface area (Å²) in [5.41, 5.74) is 1.51. The zero-order valence-electron chi connectivity index (χ0n) is 16.3. The van der Waals surface area contributed by atoms with Crippen LogP contribution in [0.15, 0.2) is 59.6 Å². The van der Waals surface area contributed by atoms with Crippen LogP contribution in [-0.4, -0.2) is 53.3 Å². The number of morpholine rings is 1. The molecule has 1 aromatic heterocycles. The largest absolute Gasteiger partial charge is 0.378 e. The standard InChI is InChI=1S/C22H22FN3O3S/c23-16-5-7-17(8-6-16)24-21(27)15-30-20-13-26(19-4-2-1-3-18(19)20)14-22(28)25-9-11-29-12-10-25/h1-8,13H,9-12,14-15H2,(H,24,27). The molecule has 0 atom stereocenters. The Hall–Kier alpha value is -2.84. The Labute approximate surface area is 178 Å². The number of carbonyl (C=O) groups excluding carboxylic acids is 2. The monoisotopic (exact) mass is 427 g/mol. The first-order valence-electron chi connectivity index (χ1n) is 9.72. The summed E-state index contributed by atoms with van der Waals surface area (Å²) in [5, 5.41) is 3.77. The van der Waals surface area contributed by atoms with Crippen LogP contribution in [-0.2, 0) is 20.9 Å². The van der Waals surface area contributed by atoms with Gasteiger partial charge in [0.05, 0.1) is 19.0 Å². The van der Waals surface area contributed by atoms with Crippen LogP contribution in [0.1, 0.15) is 0 Å². The molecule has 0 aliphatic carbocycles. The van der Waals surface area contributed by atoms with Crippen molar-refractivity contribution in [1.29, 1.82) is 0 Å². The molecule has 156 valence electrons. The summed E-state index contributed by atoms with van der Waals surface area (Å²) in [6, 6.07) is 13.5. The van der Waals surface area contributed by atoms with Crippen LogP contribution >= 0.6 is 11.8 Å². The minimum Gasteiger partial charge on any atom is -0.378 e. The SMILES string of the molecule is O=C(CSc1cn(CC(=O)N2CCOCC2)c2ccccc12)Nc1ccc(F)cc1. The van der Waals surface area contributed by atoms with E-state index in [4.69, 9.17) is 4.74 Å². The summed E-state index contributed by atoms with van der Waals surface area (Å²) in [6.45, 7) is 2.63. The maximum Gasteiger partial charge on any atom is 0.242 e. The van der Waals surface area contributed by atoms with Gasteiger partial charge in [-0.1, -0.05) is 18.2 Å². The molecule has 1 fully saturated rings. The van der Waals surface area contributed by atoms with E-state index in [1.165, 1.54) is 36.0 Å². The number of rotatable bonds is 6. The first-order chi connectivity index (χ1) is 14.6. The van der Waals surface area contributed by atoms with E-state index >= 15 is 0 Å². The molecule has 3 aromatic rings. The van der Waals surface area contributed by atoms with Crippen LogP contribution in [0, 0.1) is 5.82 Å². The second kappa shape index (κ2) is 9.32. The fraction of sp³-hybridized carbons (Fsp3) is 0.273. The highest BCUT2D eigenvalue weighted by Gasteiger charge is 2.19. The number of aromatic nitrogens is 1. The molecular formula is C22H22FN3O3S. The third-order valence-corrected chi connectivity index (χ3v) is 5.95. The lowest BCUT2D eigenvalue weighted by Gasteiger charge is -2.27. The number of fused-ring (bicyclic) bond motifs is 1. The average molecular weight is 428 g/mol. The second-order valence-corrected chi connectivity index (χ2v) is 7.99. The summed E-state index contributed by atoms with van der Waals surface area (Å²) in [6.07, 6.45) is 1.93. The lowest BCUT2D eigenvalue weighted by molar-refractivity contribution is -0.135. The van der Waals surface area contributed by atoms with Gasteiger partial charge in [-0.05, 0) is 30.3 Å². The number of hydrogen-bond donors (Lipinski definition) is 1. The van der Waals surface area contributed by atoms with Gasteiger partial charge in [-0.2, -0.15) is 0 Å². The number of halogens is 1. The number of amides is 2. The number of anilines is 1. The van der Waals surface area contributed by atoms with Crippen molar-refractivity contribution in [1.82, 2.24) is 9.47 Å². The molecule has 6 nitrogen and oxygen atoms in total. The summed E-state index contributed by atoms with van der Waals surface area (Å²) in [7, 11) is 0. The highest BCUT2D eigenvalue weighted by atomic mass is 32.2. The highest BCUT2D eigenvalue weighted by Crippen LogP contribution is 2.30. The summed E-state index contributed by atoms with van der Waals surface area (Å²) < 4.78 is 20.3. The van der Waals surface area contributed by atoms with Crippen LogP contribution in [0.5, 0.6) is 0 Å². The van der Waals surface area contributed by atoms with Crippen molar-refractivity contribution in [2.75, 3.05) is 37.4 Å². The minimum absolute atomic E-state index is 0.0599. The van der Waals surface area contributed by atoms with Crippen LogP contribution < -0.4 is 5.32 Å². The van der Waals surface area contributed by atoms with Crippen LogP contribution in [0.2, 0.25) is 0 Å². The molecule has 1 aliphatic heterocycles. The number of thioether (sulfide) groups is 1. The van der Waals surface area contributed by atoms with Gasteiger partial charge in [-0.15, -0.1) is 11.8 Å². The maximum absolute atomic E-state index is 13.0. The zero-order chi connectivity index (χ0) is 20.9. The van der Waals surface area contributed by atoms with Gasteiger partial charge in [-0.25, -0.2) is 4.39 Å². The number of hydrogen-bond acceptors (Lipinski definition) is 4. The van der Waals surface area contributed by atoms with E-state index < -0.39 is 0 Å². The maximum atomic E-state index is 13.0. The van der Waals surface area contributed by atoms with Gasteiger partial charge in [0, 0.05) is 40.8 Å². The first-order valence-corrected chi connectivity index (χ1v) is 10.7. The molecule has 1 N–H and O–H groups in total. The Balaban J connectivity index is 1.44. The molecule has 0 spiro atoms. The van der Waals surface area contributed by atoms with E-state index in [1.807, 2.05) is 39.9 Å². The molecule has 2 heterocycles. The van der Waals surface area contributed by atoms with E-state index in [-0.39, 0.29) is 29.9 Å². The molecule has 8 heteroatoms. The zero-order valence-corrected chi connectivity index (χ0v) is 17.2. The van der Waals surface area contributed by atoms with Crippen molar-refractivity contribution in [3.05, 3.63) is 60.5 Å². The molecule has 4 rings (SSSR count). The fourth-order valence-corrected chi connectivity index (χ4v) is 4.28. The number of nitrogens with one attached hydrogen (secondary N) is 1. The van der Waals surface area contributed by atoms with Crippen molar-refractivity contribution in [3.63, 3.8) is 0 Å². The molecule has 1 saturated heterocycles. The van der Waals surface area contributed by atoms with Gasteiger partial charge < -0.3 is 19.5 Å². The Kier molecular flexibility index (Phi) is 6.35. The Bertz CT molecular complexity index is 1050. The van der Waals surface area contributed by atoms with Crippen LogP contribution in [0.4, 0.5) is 10.1 Å². The molecule has 0 bridgehead atoms. The van der Waals surface area contributed by atoms with E-state index in [2.05, 4.69) is 5.32 Å². The predicted octanol–water partition coefficient (Wildman–Crippen LogP) is 3.37. The number of ether oxygens (including phenoxy) is 1. The van der Waals surface area contributed by atoms with Gasteiger partial charge in [0.2, 0.25) is 11.8 Å². The third kappa shape index (κ3) is 4.83. The fourth-order valence-electron chi connectivity index (χ4n) is 3.39. The van der Waals surface area contributed by atoms with Crippen molar-refractivity contribution in [2.45, 2.75) is 11.4 Å². The van der Waals surface area contributed by atoms with Gasteiger partial charge in [0.1, 0.15) is 12.4 Å². The molecule has 0 radical (unpaired) electrons. The minimum atomic E-state index is -0.346. The van der Waals surface area contributed by atoms with Gasteiger partial charge in [0.15, 0.2) is 0 Å². The van der Waals surface area contributed by atoms with Crippen molar-refractivity contribution < 1.29 is 18.7 Å². The predicted molar refractivity (Wildman–Crippen MR) is 115 cm³/mol. The molecule has 2 amide bonds. The molecule has 0 saturated carbocycles. The third-order valence-electron chi connectivity index (χ3n) is 4.91.